The minimum atomic E-state index is -0.501. The Kier molecular flexibility index (Phi) is 1.36. The van der Waals surface area contributed by atoms with E-state index in [1.807, 2.05) is 0 Å². The Morgan fingerprint density at radius 3 is 2.83 bits per heavy atom. The zero-order valence-corrected chi connectivity index (χ0v) is 6.45. The average molecular weight is 162 g/mol. The highest BCUT2D eigenvalue weighted by molar-refractivity contribution is 5.89. The van der Waals surface area contributed by atoms with Crippen molar-refractivity contribution >= 4 is 5.91 Å². The maximum atomic E-state index is 11.0. The first-order chi connectivity index (χ1) is 5.76. The summed E-state index contributed by atoms with van der Waals surface area (Å²) in [6.45, 7) is 0. The summed E-state index contributed by atoms with van der Waals surface area (Å²) in [7, 11) is 0. The molecule has 0 unspecified atom stereocenters. The number of amides is 1. The van der Waals surface area contributed by atoms with Crippen LogP contribution in [0, 0.1) is 6.20 Å². The van der Waals surface area contributed by atoms with E-state index in [2.05, 4.69) is 16.2 Å². The van der Waals surface area contributed by atoms with E-state index in [4.69, 9.17) is 5.73 Å². The van der Waals surface area contributed by atoms with Crippen molar-refractivity contribution in [1.29, 1.82) is 0 Å². The quantitative estimate of drug-likeness (QED) is 0.654. The van der Waals surface area contributed by atoms with E-state index in [0.717, 1.165) is 12.8 Å². The summed E-state index contributed by atoms with van der Waals surface area (Å²) in [4.78, 5) is 18.7. The Bertz CT molecular complexity index is 305. The molecule has 1 aliphatic rings. The van der Waals surface area contributed by atoms with Crippen molar-refractivity contribution in [3.63, 3.8) is 0 Å². The Morgan fingerprint density at radius 1 is 1.67 bits per heavy atom. The average Bonchev–Trinajstić information content (AvgIpc) is 2.86. The van der Waals surface area contributed by atoms with Gasteiger partial charge in [-0.15, -0.1) is 0 Å². The molecule has 0 bridgehead atoms. The van der Waals surface area contributed by atoms with E-state index in [1.165, 1.54) is 6.33 Å². The zero-order valence-electron chi connectivity index (χ0n) is 6.45. The summed E-state index contributed by atoms with van der Waals surface area (Å²) in [5, 5.41) is 0. The molecule has 1 heterocycles. The number of primary amides is 1. The van der Waals surface area contributed by atoms with Crippen LogP contribution in [0.25, 0.3) is 0 Å². The van der Waals surface area contributed by atoms with Gasteiger partial charge in [0.25, 0.3) is 0 Å². The largest absolute Gasteiger partial charge is 0.369 e. The third-order valence-electron chi connectivity index (χ3n) is 2.24. The van der Waals surface area contributed by atoms with Gasteiger partial charge in [0.15, 0.2) is 0 Å². The highest BCUT2D eigenvalue weighted by Crippen LogP contribution is 2.46. The lowest BCUT2D eigenvalue weighted by Gasteiger charge is -2.07. The van der Waals surface area contributed by atoms with Crippen LogP contribution in [-0.4, -0.2) is 15.9 Å². The molecule has 1 fully saturated rings. The van der Waals surface area contributed by atoms with Crippen molar-refractivity contribution in [3.05, 3.63) is 24.3 Å². The molecule has 0 aromatic carbocycles. The van der Waals surface area contributed by atoms with Gasteiger partial charge in [-0.3, -0.25) is 4.79 Å². The molecule has 1 aromatic rings. The number of nitrogens with zero attached hydrogens (tertiary/aromatic N) is 2. The second-order valence-corrected chi connectivity index (χ2v) is 2.98. The number of carbonyl (C=O) groups is 1. The van der Waals surface area contributed by atoms with Gasteiger partial charge in [0, 0.05) is 0 Å². The number of aromatic nitrogens is 2. The molecular weight excluding hydrogens is 154 g/mol. The molecule has 2 rings (SSSR count). The molecule has 1 radical (unpaired) electrons. The number of hydrogen-bond donors (Lipinski definition) is 1. The minimum absolute atomic E-state index is 0.297. The number of hydrogen-bond acceptors (Lipinski definition) is 3. The van der Waals surface area contributed by atoms with Crippen molar-refractivity contribution in [3.8, 4) is 0 Å². The van der Waals surface area contributed by atoms with Crippen LogP contribution in [0.3, 0.4) is 0 Å². The first-order valence-electron chi connectivity index (χ1n) is 3.74. The highest BCUT2D eigenvalue weighted by Gasteiger charge is 2.51. The molecule has 4 nitrogen and oxygen atoms in total. The molecule has 0 spiro atoms. The van der Waals surface area contributed by atoms with Crippen LogP contribution in [0.1, 0.15) is 18.5 Å². The Balaban J connectivity index is 2.37. The summed E-state index contributed by atoms with van der Waals surface area (Å²) in [6.07, 6.45) is 5.63. The van der Waals surface area contributed by atoms with Crippen LogP contribution < -0.4 is 5.73 Å². The Morgan fingerprint density at radius 2 is 2.42 bits per heavy atom. The van der Waals surface area contributed by atoms with Crippen molar-refractivity contribution in [1.82, 2.24) is 9.97 Å². The maximum absolute atomic E-state index is 11.0. The van der Waals surface area contributed by atoms with Crippen LogP contribution >= 0.6 is 0 Å². The normalized spacial score (nSPS) is 18.7. The second kappa shape index (κ2) is 2.27. The molecule has 1 amide bonds. The van der Waals surface area contributed by atoms with Gasteiger partial charge in [-0.2, -0.15) is 0 Å². The fraction of sp³-hybridized carbons (Fsp3) is 0.375. The van der Waals surface area contributed by atoms with Crippen LogP contribution in [0.5, 0.6) is 0 Å². The van der Waals surface area contributed by atoms with Crippen LogP contribution in [-0.2, 0) is 10.2 Å². The van der Waals surface area contributed by atoms with Gasteiger partial charge >= 0.3 is 0 Å². The van der Waals surface area contributed by atoms with E-state index in [9.17, 15) is 4.79 Å². The van der Waals surface area contributed by atoms with Gasteiger partial charge < -0.3 is 5.73 Å². The van der Waals surface area contributed by atoms with Crippen molar-refractivity contribution in [2.75, 3.05) is 0 Å². The lowest BCUT2D eigenvalue weighted by Crippen LogP contribution is -2.29. The summed E-state index contributed by atoms with van der Waals surface area (Å²) in [5.41, 5.74) is 5.45. The van der Waals surface area contributed by atoms with Crippen LogP contribution in [0.4, 0.5) is 0 Å². The van der Waals surface area contributed by atoms with Gasteiger partial charge in [-0.05, 0) is 18.9 Å². The van der Waals surface area contributed by atoms with Gasteiger partial charge in [0.05, 0.1) is 17.3 Å². The number of nitrogens with two attached hydrogens (primary N) is 1. The molecule has 0 saturated heterocycles. The minimum Gasteiger partial charge on any atom is -0.369 e. The smallest absolute Gasteiger partial charge is 0.229 e. The lowest BCUT2D eigenvalue weighted by atomic mass is 10.0. The Hall–Kier alpha value is -1.45. The van der Waals surface area contributed by atoms with Crippen LogP contribution in [0.15, 0.2) is 12.4 Å². The third-order valence-corrected chi connectivity index (χ3v) is 2.24. The summed E-state index contributed by atoms with van der Waals surface area (Å²) < 4.78 is 0. The molecule has 1 aromatic heterocycles. The predicted octanol–water partition coefficient (Wildman–Crippen LogP) is -0.206. The first-order valence-corrected chi connectivity index (χ1v) is 3.74. The van der Waals surface area contributed by atoms with E-state index < -0.39 is 5.41 Å². The van der Waals surface area contributed by atoms with Crippen molar-refractivity contribution in [2.45, 2.75) is 18.3 Å². The second-order valence-electron chi connectivity index (χ2n) is 2.98. The molecule has 4 heteroatoms. The van der Waals surface area contributed by atoms with Gasteiger partial charge in [0.1, 0.15) is 6.33 Å². The Labute approximate surface area is 69.8 Å². The molecule has 12 heavy (non-hydrogen) atoms. The number of carbonyl (C=O) groups excluding carboxylic acids is 1. The van der Waals surface area contributed by atoms with Gasteiger partial charge in [-0.1, -0.05) is 0 Å². The summed E-state index contributed by atoms with van der Waals surface area (Å²) >= 11 is 0. The topological polar surface area (TPSA) is 68.9 Å². The van der Waals surface area contributed by atoms with Crippen LogP contribution in [0.2, 0.25) is 0 Å². The first kappa shape index (κ1) is 7.21. The highest BCUT2D eigenvalue weighted by atomic mass is 16.1. The summed E-state index contributed by atoms with van der Waals surface area (Å²) in [5.74, 6) is -0.297. The standard InChI is InChI=1S/C8H8N3O/c9-7(12)8(2-3-8)6-1-4-10-5-11-6/h1,5H,2-3H2,(H2,9,12). The van der Waals surface area contributed by atoms with Crippen molar-refractivity contribution < 1.29 is 4.79 Å². The molecule has 61 valence electrons. The zero-order chi connectivity index (χ0) is 8.60. The van der Waals surface area contributed by atoms with E-state index in [0.29, 0.717) is 5.69 Å². The van der Waals surface area contributed by atoms with Gasteiger partial charge in [0.2, 0.25) is 5.91 Å². The molecule has 0 aliphatic heterocycles. The van der Waals surface area contributed by atoms with E-state index >= 15 is 0 Å². The maximum Gasteiger partial charge on any atom is 0.229 e. The van der Waals surface area contributed by atoms with E-state index in [1.54, 1.807) is 6.07 Å². The fourth-order valence-electron chi connectivity index (χ4n) is 1.28. The monoisotopic (exact) mass is 162 g/mol. The predicted molar refractivity (Wildman–Crippen MR) is 41.0 cm³/mol. The molecule has 1 aliphatic carbocycles. The summed E-state index contributed by atoms with van der Waals surface area (Å²) in [6, 6.07) is 1.62. The molecule has 2 N–H and O–H groups in total. The molecular formula is C8H8N3O. The lowest BCUT2D eigenvalue weighted by molar-refractivity contribution is -0.120. The SMILES string of the molecule is NC(=O)C1(c2c[c]ncn2)CC1. The fourth-order valence-corrected chi connectivity index (χ4v) is 1.28. The third kappa shape index (κ3) is 0.879. The van der Waals surface area contributed by atoms with Crippen molar-refractivity contribution in [2.24, 2.45) is 5.73 Å². The molecule has 1 saturated carbocycles. The van der Waals surface area contributed by atoms with Gasteiger partial charge in [-0.25, -0.2) is 9.97 Å². The number of rotatable bonds is 2. The van der Waals surface area contributed by atoms with E-state index in [-0.39, 0.29) is 5.91 Å². The molecule has 0 atom stereocenters.